The van der Waals surface area contributed by atoms with Crippen molar-refractivity contribution in [1.29, 1.82) is 0 Å². The van der Waals surface area contributed by atoms with Crippen LogP contribution in [0.1, 0.15) is 37.9 Å². The first-order valence-electron chi connectivity index (χ1n) is 7.64. The van der Waals surface area contributed by atoms with E-state index in [-0.39, 0.29) is 0 Å². The fraction of sp³-hybridized carbons (Fsp3) is 0.733. The summed E-state index contributed by atoms with van der Waals surface area (Å²) in [5.74, 6) is 0.859. The summed E-state index contributed by atoms with van der Waals surface area (Å²) in [7, 11) is 0. The van der Waals surface area contributed by atoms with Gasteiger partial charge in [-0.2, -0.15) is 0 Å². The summed E-state index contributed by atoms with van der Waals surface area (Å²) in [4.78, 5) is 11.4. The van der Waals surface area contributed by atoms with Gasteiger partial charge in [-0.3, -0.25) is 0 Å². The van der Waals surface area contributed by atoms with Crippen molar-refractivity contribution in [3.8, 4) is 0 Å². The second-order valence-corrected chi connectivity index (χ2v) is 5.20. The number of hydrogen-bond donors (Lipinski definition) is 1. The zero-order chi connectivity index (χ0) is 14.4. The highest BCUT2D eigenvalue weighted by Gasteiger charge is 2.21. The van der Waals surface area contributed by atoms with Gasteiger partial charge in [0.25, 0.3) is 0 Å². The highest BCUT2D eigenvalue weighted by molar-refractivity contribution is 5.33. The Hall–Kier alpha value is -1.20. The lowest BCUT2D eigenvalue weighted by Gasteiger charge is -2.31. The van der Waals surface area contributed by atoms with Crippen LogP contribution < -0.4 is 10.2 Å². The number of piperidine rings is 1. The van der Waals surface area contributed by atoms with E-state index in [9.17, 15) is 0 Å². The normalized spacial score (nSPS) is 16.6. The van der Waals surface area contributed by atoms with Crippen LogP contribution in [0.5, 0.6) is 0 Å². The zero-order valence-corrected chi connectivity index (χ0v) is 12.9. The molecule has 1 saturated heterocycles. The number of rotatable bonds is 6. The molecule has 0 aliphatic carbocycles. The van der Waals surface area contributed by atoms with Crippen molar-refractivity contribution >= 4 is 5.95 Å². The van der Waals surface area contributed by atoms with Crippen molar-refractivity contribution < 1.29 is 4.74 Å². The minimum absolute atomic E-state index is 0.408. The van der Waals surface area contributed by atoms with Crippen molar-refractivity contribution in [2.24, 2.45) is 0 Å². The molecule has 2 heterocycles. The van der Waals surface area contributed by atoms with Crippen LogP contribution in [0, 0.1) is 6.92 Å². The molecule has 5 nitrogen and oxygen atoms in total. The maximum atomic E-state index is 5.68. The van der Waals surface area contributed by atoms with E-state index in [1.54, 1.807) is 0 Å². The summed E-state index contributed by atoms with van der Waals surface area (Å²) in [5.41, 5.74) is 2.25. The van der Waals surface area contributed by atoms with E-state index in [1.807, 2.05) is 6.20 Å². The third-order valence-corrected chi connectivity index (χ3v) is 3.76. The van der Waals surface area contributed by atoms with Crippen LogP contribution >= 0.6 is 0 Å². The number of nitrogens with one attached hydrogen (secondary N) is 1. The predicted octanol–water partition coefficient (Wildman–Crippen LogP) is 1.90. The molecule has 1 fully saturated rings. The van der Waals surface area contributed by atoms with E-state index >= 15 is 0 Å². The van der Waals surface area contributed by atoms with Gasteiger partial charge in [-0.1, -0.05) is 6.92 Å². The summed E-state index contributed by atoms with van der Waals surface area (Å²) in [5, 5.41) is 3.31. The third kappa shape index (κ3) is 3.90. The van der Waals surface area contributed by atoms with Gasteiger partial charge in [0.05, 0.1) is 6.10 Å². The molecule has 0 spiro atoms. The summed E-state index contributed by atoms with van der Waals surface area (Å²) < 4.78 is 5.68. The van der Waals surface area contributed by atoms with Crippen LogP contribution in [0.3, 0.4) is 0 Å². The molecule has 0 unspecified atom stereocenters. The Labute approximate surface area is 121 Å². The van der Waals surface area contributed by atoms with Gasteiger partial charge in [0.15, 0.2) is 0 Å². The summed E-state index contributed by atoms with van der Waals surface area (Å²) in [6.45, 7) is 10.8. The monoisotopic (exact) mass is 278 g/mol. The first-order valence-corrected chi connectivity index (χ1v) is 7.64. The molecule has 1 aromatic heterocycles. The third-order valence-electron chi connectivity index (χ3n) is 3.76. The van der Waals surface area contributed by atoms with Crippen LogP contribution in [-0.4, -0.2) is 42.3 Å². The SMILES string of the molecule is CCNCc1cnc(N2CCC(OCC)CC2)nc1C. The van der Waals surface area contributed by atoms with Gasteiger partial charge < -0.3 is 15.0 Å². The summed E-state index contributed by atoms with van der Waals surface area (Å²) in [6, 6.07) is 0. The minimum atomic E-state index is 0.408. The van der Waals surface area contributed by atoms with Gasteiger partial charge in [-0.25, -0.2) is 9.97 Å². The fourth-order valence-electron chi connectivity index (χ4n) is 2.52. The smallest absolute Gasteiger partial charge is 0.225 e. The Morgan fingerprint density at radius 2 is 2.10 bits per heavy atom. The quantitative estimate of drug-likeness (QED) is 0.861. The highest BCUT2D eigenvalue weighted by atomic mass is 16.5. The first kappa shape index (κ1) is 15.2. The van der Waals surface area contributed by atoms with Crippen molar-refractivity contribution in [3.63, 3.8) is 0 Å². The lowest BCUT2D eigenvalue weighted by molar-refractivity contribution is 0.0457. The number of aryl methyl sites for hydroxylation is 1. The molecule has 5 heteroatoms. The van der Waals surface area contributed by atoms with Gasteiger partial charge >= 0.3 is 0 Å². The molecule has 0 saturated carbocycles. The Morgan fingerprint density at radius 3 is 2.70 bits per heavy atom. The molecular weight excluding hydrogens is 252 g/mol. The number of nitrogens with zero attached hydrogens (tertiary/aromatic N) is 3. The van der Waals surface area contributed by atoms with E-state index in [4.69, 9.17) is 4.74 Å². The van der Waals surface area contributed by atoms with Crippen LogP contribution in [0.15, 0.2) is 6.20 Å². The predicted molar refractivity (Wildman–Crippen MR) is 81.0 cm³/mol. The molecular formula is C15H26N4O. The molecule has 112 valence electrons. The Balaban J connectivity index is 1.95. The van der Waals surface area contributed by atoms with E-state index in [2.05, 4.69) is 41.0 Å². The van der Waals surface area contributed by atoms with Gasteiger partial charge in [0.2, 0.25) is 5.95 Å². The second-order valence-electron chi connectivity index (χ2n) is 5.20. The fourth-order valence-corrected chi connectivity index (χ4v) is 2.52. The maximum absolute atomic E-state index is 5.68. The average molecular weight is 278 g/mol. The molecule has 0 amide bonds. The lowest BCUT2D eigenvalue weighted by atomic mass is 10.1. The summed E-state index contributed by atoms with van der Waals surface area (Å²) >= 11 is 0. The molecule has 0 bridgehead atoms. The molecule has 1 aliphatic heterocycles. The maximum Gasteiger partial charge on any atom is 0.225 e. The first-order chi connectivity index (χ1) is 9.74. The molecule has 1 aliphatic rings. The van der Waals surface area contributed by atoms with Gasteiger partial charge in [0, 0.05) is 43.7 Å². The van der Waals surface area contributed by atoms with Gasteiger partial charge in [0.1, 0.15) is 0 Å². The Morgan fingerprint density at radius 1 is 1.35 bits per heavy atom. The topological polar surface area (TPSA) is 50.3 Å². The zero-order valence-electron chi connectivity index (χ0n) is 12.9. The van der Waals surface area contributed by atoms with Crippen molar-refractivity contribution in [2.45, 2.75) is 46.3 Å². The molecule has 2 rings (SSSR count). The standard InChI is InChI=1S/C15H26N4O/c1-4-16-10-13-11-17-15(18-12(13)3)19-8-6-14(7-9-19)20-5-2/h11,14,16H,4-10H2,1-3H3. The Kier molecular flexibility index (Phi) is 5.73. The van der Waals surface area contributed by atoms with Crippen molar-refractivity contribution in [1.82, 2.24) is 15.3 Å². The van der Waals surface area contributed by atoms with Crippen LogP contribution in [-0.2, 0) is 11.3 Å². The minimum Gasteiger partial charge on any atom is -0.378 e. The van der Waals surface area contributed by atoms with Gasteiger partial charge in [-0.05, 0) is 33.2 Å². The molecule has 1 aromatic rings. The van der Waals surface area contributed by atoms with E-state index < -0.39 is 0 Å². The summed E-state index contributed by atoms with van der Waals surface area (Å²) in [6.07, 6.45) is 4.49. The average Bonchev–Trinajstić information content (AvgIpc) is 2.47. The molecule has 0 radical (unpaired) electrons. The van der Waals surface area contributed by atoms with Crippen molar-refractivity contribution in [3.05, 3.63) is 17.5 Å². The van der Waals surface area contributed by atoms with Crippen molar-refractivity contribution in [2.75, 3.05) is 31.1 Å². The molecule has 20 heavy (non-hydrogen) atoms. The van der Waals surface area contributed by atoms with Crippen LogP contribution in [0.25, 0.3) is 0 Å². The number of ether oxygens (including phenoxy) is 1. The largest absolute Gasteiger partial charge is 0.378 e. The van der Waals surface area contributed by atoms with E-state index in [1.165, 1.54) is 5.56 Å². The Bertz CT molecular complexity index is 416. The number of aromatic nitrogens is 2. The number of anilines is 1. The van der Waals surface area contributed by atoms with Crippen LogP contribution in [0.2, 0.25) is 0 Å². The highest BCUT2D eigenvalue weighted by Crippen LogP contribution is 2.19. The number of hydrogen-bond acceptors (Lipinski definition) is 5. The van der Waals surface area contributed by atoms with Crippen LogP contribution in [0.4, 0.5) is 5.95 Å². The lowest BCUT2D eigenvalue weighted by Crippen LogP contribution is -2.38. The second kappa shape index (κ2) is 7.55. The van der Waals surface area contributed by atoms with E-state index in [0.717, 1.165) is 57.3 Å². The molecule has 0 aromatic carbocycles. The molecule has 0 atom stereocenters. The van der Waals surface area contributed by atoms with Gasteiger partial charge in [-0.15, -0.1) is 0 Å². The molecule has 1 N–H and O–H groups in total. The van der Waals surface area contributed by atoms with E-state index in [0.29, 0.717) is 6.10 Å².